The number of carbonyl (C=O) groups is 1. The van der Waals surface area contributed by atoms with Gasteiger partial charge in [-0.1, -0.05) is 31.2 Å². The fourth-order valence-electron chi connectivity index (χ4n) is 1.79. The molecule has 3 atom stereocenters. The standard InChI is InChI=1S/C14H25NO2/c1-6-7-8-9-10-11(2)14(17)13(12(3)16)15(4)5/h6-9,11,13-14,17H,10H2,1-5H3/b7-6+,9-8+/t11-,13-,14?/m1/s1/i1D3. The molecule has 0 amide bonds. The number of allylic oxidation sites excluding steroid dienone is 4. The summed E-state index contributed by atoms with van der Waals surface area (Å²) in [5.74, 6) is -0.163. The summed E-state index contributed by atoms with van der Waals surface area (Å²) in [6.07, 6.45) is 5.88. The molecule has 0 heterocycles. The average molecular weight is 242 g/mol. The van der Waals surface area contributed by atoms with Crippen molar-refractivity contribution in [3.8, 4) is 0 Å². The van der Waals surface area contributed by atoms with Gasteiger partial charge < -0.3 is 5.11 Å². The van der Waals surface area contributed by atoms with Crippen LogP contribution in [-0.4, -0.2) is 42.0 Å². The highest BCUT2D eigenvalue weighted by Crippen LogP contribution is 2.16. The summed E-state index contributed by atoms with van der Waals surface area (Å²) < 4.78 is 21.0. The van der Waals surface area contributed by atoms with Crippen molar-refractivity contribution in [1.29, 1.82) is 0 Å². The minimum atomic E-state index is -2.07. The first-order valence-electron chi connectivity index (χ1n) is 7.25. The Morgan fingerprint density at radius 2 is 2.12 bits per heavy atom. The van der Waals surface area contributed by atoms with Crippen LogP contribution < -0.4 is 0 Å². The van der Waals surface area contributed by atoms with Gasteiger partial charge in [-0.15, -0.1) is 0 Å². The molecule has 1 N–H and O–H groups in total. The van der Waals surface area contributed by atoms with Gasteiger partial charge in [0, 0.05) is 4.11 Å². The van der Waals surface area contributed by atoms with Crippen molar-refractivity contribution >= 4 is 5.78 Å². The van der Waals surface area contributed by atoms with Crippen molar-refractivity contribution in [2.24, 2.45) is 5.92 Å². The van der Waals surface area contributed by atoms with Crippen molar-refractivity contribution < 1.29 is 14.0 Å². The lowest BCUT2D eigenvalue weighted by Gasteiger charge is -2.30. The molecule has 0 saturated heterocycles. The van der Waals surface area contributed by atoms with E-state index in [0.29, 0.717) is 6.42 Å². The molecule has 1 unspecified atom stereocenters. The third-order valence-corrected chi connectivity index (χ3v) is 2.73. The van der Waals surface area contributed by atoms with Crippen LogP contribution in [0.25, 0.3) is 0 Å². The van der Waals surface area contributed by atoms with E-state index in [4.69, 9.17) is 4.11 Å². The molecular weight excluding hydrogens is 214 g/mol. The van der Waals surface area contributed by atoms with Crippen LogP contribution in [0.1, 0.15) is 31.2 Å². The summed E-state index contributed by atoms with van der Waals surface area (Å²) in [5, 5.41) is 10.2. The minimum absolute atomic E-state index is 0.0689. The molecule has 0 aliphatic carbocycles. The maximum Gasteiger partial charge on any atom is 0.149 e. The Balaban J connectivity index is 4.46. The summed E-state index contributed by atoms with van der Waals surface area (Å²) in [6.45, 7) is 1.26. The van der Waals surface area contributed by atoms with Gasteiger partial charge in [0.2, 0.25) is 0 Å². The van der Waals surface area contributed by atoms with E-state index in [-0.39, 0.29) is 11.7 Å². The van der Waals surface area contributed by atoms with Crippen LogP contribution in [0.3, 0.4) is 0 Å². The van der Waals surface area contributed by atoms with Crippen molar-refractivity contribution in [2.75, 3.05) is 14.1 Å². The highest BCUT2D eigenvalue weighted by atomic mass is 16.3. The summed E-state index contributed by atoms with van der Waals surface area (Å²) >= 11 is 0. The molecule has 0 fully saturated rings. The van der Waals surface area contributed by atoms with Gasteiger partial charge >= 0.3 is 0 Å². The normalized spacial score (nSPS) is 21.2. The van der Waals surface area contributed by atoms with Crippen LogP contribution >= 0.6 is 0 Å². The number of ketones is 1. The van der Waals surface area contributed by atoms with Gasteiger partial charge in [-0.05, 0) is 40.2 Å². The van der Waals surface area contributed by atoms with Crippen LogP contribution in [-0.2, 0) is 4.79 Å². The van der Waals surface area contributed by atoms with E-state index in [1.54, 1.807) is 31.1 Å². The highest BCUT2D eigenvalue weighted by Gasteiger charge is 2.29. The van der Waals surface area contributed by atoms with Gasteiger partial charge in [-0.25, -0.2) is 0 Å². The lowest BCUT2D eigenvalue weighted by Crippen LogP contribution is -2.47. The molecule has 0 aromatic carbocycles. The van der Waals surface area contributed by atoms with E-state index in [1.807, 2.05) is 6.92 Å². The molecule has 0 spiro atoms. The molecule has 3 nitrogen and oxygen atoms in total. The SMILES string of the molecule is [2H]C([2H])([2H])/C=C/C=C/C[C@@H](C)C(O)[C@@H](C(C)=O)N(C)C. The lowest BCUT2D eigenvalue weighted by molar-refractivity contribution is -0.126. The van der Waals surface area contributed by atoms with Crippen LogP contribution in [0.2, 0.25) is 0 Å². The maximum atomic E-state index is 11.5. The molecule has 0 aromatic rings. The number of rotatable bonds is 7. The predicted molar refractivity (Wildman–Crippen MR) is 71.9 cm³/mol. The maximum absolute atomic E-state index is 11.5. The summed E-state index contributed by atoms with van der Waals surface area (Å²) in [5.41, 5.74) is 0. The first-order valence-corrected chi connectivity index (χ1v) is 5.75. The molecule has 0 saturated carbocycles. The monoisotopic (exact) mass is 242 g/mol. The molecule has 17 heavy (non-hydrogen) atoms. The predicted octanol–water partition coefficient (Wildman–Crippen LogP) is 2.02. The third kappa shape index (κ3) is 5.80. The number of hydrogen-bond donors (Lipinski definition) is 1. The van der Waals surface area contributed by atoms with E-state index in [0.717, 1.165) is 6.08 Å². The quantitative estimate of drug-likeness (QED) is 0.694. The van der Waals surface area contributed by atoms with Crippen LogP contribution in [0, 0.1) is 5.92 Å². The van der Waals surface area contributed by atoms with Crippen molar-refractivity contribution in [3.05, 3.63) is 24.3 Å². The zero-order valence-corrected chi connectivity index (χ0v) is 11.1. The Morgan fingerprint density at radius 3 is 2.59 bits per heavy atom. The van der Waals surface area contributed by atoms with Crippen molar-refractivity contribution in [2.45, 2.75) is 39.3 Å². The topological polar surface area (TPSA) is 40.5 Å². The fourth-order valence-corrected chi connectivity index (χ4v) is 1.79. The smallest absolute Gasteiger partial charge is 0.149 e. The number of aliphatic hydroxyl groups is 1. The average Bonchev–Trinajstić information content (AvgIpc) is 2.25. The van der Waals surface area contributed by atoms with Crippen LogP contribution in [0.5, 0.6) is 0 Å². The molecule has 98 valence electrons. The zero-order chi connectivity index (χ0) is 15.9. The molecule has 0 aliphatic heterocycles. The zero-order valence-electron chi connectivity index (χ0n) is 14.1. The lowest BCUT2D eigenvalue weighted by atomic mass is 9.92. The van der Waals surface area contributed by atoms with Crippen LogP contribution in [0.4, 0.5) is 0 Å². The van der Waals surface area contributed by atoms with E-state index in [1.165, 1.54) is 13.0 Å². The summed E-state index contributed by atoms with van der Waals surface area (Å²) in [4.78, 5) is 13.2. The van der Waals surface area contributed by atoms with Gasteiger partial charge in [0.1, 0.15) is 5.78 Å². The number of Topliss-reactive ketones (excluding diaryl/α,β-unsaturated/α-hetero) is 1. The fraction of sp³-hybridized carbons (Fsp3) is 0.643. The number of carbonyl (C=O) groups excluding carboxylic acids is 1. The van der Waals surface area contributed by atoms with Crippen molar-refractivity contribution in [3.63, 3.8) is 0 Å². The van der Waals surface area contributed by atoms with Crippen LogP contribution in [0.15, 0.2) is 24.3 Å². The van der Waals surface area contributed by atoms with Gasteiger partial charge in [-0.3, -0.25) is 9.69 Å². The van der Waals surface area contributed by atoms with Gasteiger partial charge in [0.25, 0.3) is 0 Å². The Kier molecular flexibility index (Phi) is 5.39. The van der Waals surface area contributed by atoms with E-state index >= 15 is 0 Å². The Labute approximate surface area is 109 Å². The highest BCUT2D eigenvalue weighted by molar-refractivity contribution is 5.82. The number of likely N-dealkylation sites (N-methyl/N-ethyl adjacent to an activating group) is 1. The number of hydrogen-bond acceptors (Lipinski definition) is 3. The van der Waals surface area contributed by atoms with E-state index < -0.39 is 19.0 Å². The second-order valence-corrected chi connectivity index (χ2v) is 4.51. The van der Waals surface area contributed by atoms with E-state index in [9.17, 15) is 9.90 Å². The minimum Gasteiger partial charge on any atom is -0.391 e. The molecule has 0 bridgehead atoms. The van der Waals surface area contributed by atoms with Gasteiger partial charge in [0.15, 0.2) is 0 Å². The van der Waals surface area contributed by atoms with Gasteiger partial charge in [-0.2, -0.15) is 0 Å². The number of nitrogens with zero attached hydrogens (tertiary/aromatic N) is 1. The molecule has 0 radical (unpaired) electrons. The summed E-state index contributed by atoms with van der Waals surface area (Å²) in [7, 11) is 3.52. The van der Waals surface area contributed by atoms with Crippen molar-refractivity contribution in [1.82, 2.24) is 4.90 Å². The first-order chi connectivity index (χ1) is 9.06. The molecule has 0 aliphatic rings. The molecule has 0 aromatic heterocycles. The second-order valence-electron chi connectivity index (χ2n) is 4.51. The largest absolute Gasteiger partial charge is 0.391 e. The van der Waals surface area contributed by atoms with E-state index in [2.05, 4.69) is 0 Å². The molecule has 0 rings (SSSR count). The third-order valence-electron chi connectivity index (χ3n) is 2.73. The Morgan fingerprint density at radius 1 is 1.47 bits per heavy atom. The Hall–Kier alpha value is -0.930. The first kappa shape index (κ1) is 11.2. The van der Waals surface area contributed by atoms with Gasteiger partial charge in [0.05, 0.1) is 12.1 Å². The number of aliphatic hydroxyl groups excluding tert-OH is 1. The second kappa shape index (κ2) is 8.20. The molecular formula is C14H25NO2. The Bertz CT molecular complexity index is 362. The molecule has 3 heteroatoms. The summed E-state index contributed by atoms with van der Waals surface area (Å²) in [6, 6.07) is -0.517.